The molecule has 0 heterocycles. The van der Waals surface area contributed by atoms with Crippen LogP contribution in [0.15, 0.2) is 29.0 Å². The molecule has 11 nitrogen and oxygen atoms in total. The van der Waals surface area contributed by atoms with Gasteiger partial charge in [0.15, 0.2) is 11.4 Å². The maximum Gasteiger partial charge on any atom is 0.255 e. The normalized spacial score (nSPS) is 28.4. The SMILES string of the molecule is CON(C)Cc1ccc(O)c2c1C[C@H]1C[C@H]3[C@H](N(C)C)C(=O)C(C(N)=O)=C(O)C3(O)C(=O)C1=C2O. The second-order valence-electron chi connectivity index (χ2n) is 9.53. The molecule has 0 aromatic heterocycles. The number of amides is 1. The number of ketones is 2. The van der Waals surface area contributed by atoms with E-state index in [1.54, 1.807) is 32.3 Å². The number of phenolic OH excluding ortho intramolecular Hbond substituents is 1. The zero-order chi connectivity index (χ0) is 26.0. The lowest BCUT2D eigenvalue weighted by Crippen LogP contribution is -2.65. The molecule has 1 saturated carbocycles. The fraction of sp³-hybridized carbons (Fsp3) is 0.458. The number of primary amides is 1. The summed E-state index contributed by atoms with van der Waals surface area (Å²) in [5, 5.41) is 45.7. The number of rotatable bonds is 5. The standard InChI is InChI=1S/C24H29N3O8/c1-26(2)18-13-8-11-7-12-10(9-27(3)35-4)5-6-14(28)16(12)19(29)15(11)21(31)24(13,34)22(32)17(20(18)30)23(25)33/h5-6,11,13,18,28-29,32,34H,7-9H2,1-4H3,(H2,25,33)/t11-,13-,18-,24?/m0/s1. The third-order valence-electron chi connectivity index (χ3n) is 7.41. The van der Waals surface area contributed by atoms with Gasteiger partial charge in [0, 0.05) is 25.1 Å². The number of aliphatic hydroxyl groups excluding tert-OH is 2. The van der Waals surface area contributed by atoms with Crippen molar-refractivity contribution >= 4 is 23.2 Å². The van der Waals surface area contributed by atoms with E-state index in [1.165, 1.54) is 18.1 Å². The van der Waals surface area contributed by atoms with Gasteiger partial charge in [0.1, 0.15) is 22.8 Å². The van der Waals surface area contributed by atoms with Gasteiger partial charge in [0.05, 0.1) is 18.7 Å². The van der Waals surface area contributed by atoms with Crippen molar-refractivity contribution in [3.8, 4) is 5.75 Å². The van der Waals surface area contributed by atoms with Gasteiger partial charge in [-0.25, -0.2) is 0 Å². The Kier molecular flexibility index (Phi) is 6.00. The number of hydroxylamine groups is 2. The first-order valence-corrected chi connectivity index (χ1v) is 11.1. The third kappa shape index (κ3) is 3.46. The Morgan fingerprint density at radius 3 is 2.43 bits per heavy atom. The minimum atomic E-state index is -2.64. The molecule has 0 saturated heterocycles. The third-order valence-corrected chi connectivity index (χ3v) is 7.41. The van der Waals surface area contributed by atoms with Gasteiger partial charge in [-0.05, 0) is 50.0 Å². The highest BCUT2D eigenvalue weighted by Crippen LogP contribution is 2.52. The smallest absolute Gasteiger partial charge is 0.255 e. The van der Waals surface area contributed by atoms with Crippen molar-refractivity contribution < 1.29 is 39.6 Å². The Morgan fingerprint density at radius 1 is 1.20 bits per heavy atom. The fourth-order valence-corrected chi connectivity index (χ4v) is 5.76. The largest absolute Gasteiger partial charge is 0.508 e. The quantitative estimate of drug-likeness (QED) is 0.280. The molecule has 1 amide bonds. The summed E-state index contributed by atoms with van der Waals surface area (Å²) >= 11 is 0. The second kappa shape index (κ2) is 8.45. The summed E-state index contributed by atoms with van der Waals surface area (Å²) in [5.74, 6) is -6.68. The maximum atomic E-state index is 13.8. The Bertz CT molecular complexity index is 1200. The summed E-state index contributed by atoms with van der Waals surface area (Å²) in [4.78, 5) is 45.5. The van der Waals surface area contributed by atoms with Crippen LogP contribution in [0.3, 0.4) is 0 Å². The number of benzene rings is 1. The van der Waals surface area contributed by atoms with Gasteiger partial charge >= 0.3 is 0 Å². The van der Waals surface area contributed by atoms with Gasteiger partial charge in [-0.2, -0.15) is 5.06 Å². The Hall–Kier alpha value is -3.25. The van der Waals surface area contributed by atoms with Crippen molar-refractivity contribution in [3.05, 3.63) is 45.7 Å². The molecule has 35 heavy (non-hydrogen) atoms. The number of aliphatic hydroxyl groups is 3. The molecule has 3 aliphatic rings. The van der Waals surface area contributed by atoms with Crippen LogP contribution < -0.4 is 5.73 Å². The highest BCUT2D eigenvalue weighted by molar-refractivity contribution is 6.24. The van der Waals surface area contributed by atoms with Crippen molar-refractivity contribution in [1.29, 1.82) is 0 Å². The van der Waals surface area contributed by atoms with Crippen molar-refractivity contribution in [2.24, 2.45) is 17.6 Å². The van der Waals surface area contributed by atoms with Crippen molar-refractivity contribution in [1.82, 2.24) is 9.96 Å². The number of carbonyl (C=O) groups is 3. The molecular formula is C24H29N3O8. The number of hydrogen-bond acceptors (Lipinski definition) is 10. The van der Waals surface area contributed by atoms with Gasteiger partial charge in [-0.15, -0.1) is 0 Å². The predicted molar refractivity (Wildman–Crippen MR) is 123 cm³/mol. The van der Waals surface area contributed by atoms with E-state index in [2.05, 4.69) is 0 Å². The van der Waals surface area contributed by atoms with Crippen molar-refractivity contribution in [3.63, 3.8) is 0 Å². The summed E-state index contributed by atoms with van der Waals surface area (Å²) in [5.41, 5.74) is 3.09. The first kappa shape index (κ1) is 24.9. The number of likely N-dealkylation sites (N-methyl/N-ethyl adjacent to an activating group) is 1. The van der Waals surface area contributed by atoms with Crippen LogP contribution in [0.5, 0.6) is 5.75 Å². The average molecular weight is 488 g/mol. The van der Waals surface area contributed by atoms with Gasteiger partial charge in [0.25, 0.3) is 5.91 Å². The van der Waals surface area contributed by atoms with Crippen LogP contribution >= 0.6 is 0 Å². The zero-order valence-corrected chi connectivity index (χ0v) is 19.9. The van der Waals surface area contributed by atoms with Crippen LogP contribution in [0.4, 0.5) is 0 Å². The van der Waals surface area contributed by atoms with E-state index in [0.29, 0.717) is 12.1 Å². The molecule has 4 atom stereocenters. The molecule has 0 radical (unpaired) electrons. The highest BCUT2D eigenvalue weighted by Gasteiger charge is 2.64. The van der Waals surface area contributed by atoms with Crippen LogP contribution in [0.2, 0.25) is 0 Å². The molecule has 0 bridgehead atoms. The molecule has 0 spiro atoms. The number of nitrogens with two attached hydrogens (primary N) is 1. The molecule has 1 fully saturated rings. The molecule has 0 aliphatic heterocycles. The number of carbonyl (C=O) groups excluding carboxylic acids is 3. The van der Waals surface area contributed by atoms with E-state index < -0.39 is 58.0 Å². The number of nitrogens with zero attached hydrogens (tertiary/aromatic N) is 2. The number of Topliss-reactive ketones (excluding diaryl/α,β-unsaturated/α-hetero) is 2. The number of hydrogen-bond donors (Lipinski definition) is 5. The average Bonchev–Trinajstić information content (AvgIpc) is 2.77. The highest BCUT2D eigenvalue weighted by atomic mass is 16.7. The van der Waals surface area contributed by atoms with Crippen molar-refractivity contribution in [2.75, 3.05) is 28.3 Å². The topological polar surface area (TPSA) is 174 Å². The van der Waals surface area contributed by atoms with Crippen LogP contribution in [0.1, 0.15) is 23.1 Å². The van der Waals surface area contributed by atoms with E-state index in [1.807, 2.05) is 0 Å². The van der Waals surface area contributed by atoms with E-state index in [9.17, 15) is 34.8 Å². The number of fused-ring (bicyclic) bond motifs is 3. The molecule has 4 rings (SSSR count). The lowest BCUT2D eigenvalue weighted by Gasteiger charge is -2.50. The van der Waals surface area contributed by atoms with Crippen LogP contribution in [0, 0.1) is 11.8 Å². The van der Waals surface area contributed by atoms with Gasteiger partial charge in [0.2, 0.25) is 5.78 Å². The monoisotopic (exact) mass is 487 g/mol. The molecule has 1 unspecified atom stereocenters. The van der Waals surface area contributed by atoms with Crippen LogP contribution in [-0.4, -0.2) is 87.8 Å². The minimum Gasteiger partial charge on any atom is -0.508 e. The minimum absolute atomic E-state index is 0.0426. The maximum absolute atomic E-state index is 13.8. The molecule has 1 aromatic rings. The summed E-state index contributed by atoms with van der Waals surface area (Å²) in [6, 6.07) is 1.98. The summed E-state index contributed by atoms with van der Waals surface area (Å²) < 4.78 is 0. The van der Waals surface area contributed by atoms with E-state index in [4.69, 9.17) is 10.6 Å². The van der Waals surface area contributed by atoms with Crippen molar-refractivity contribution in [2.45, 2.75) is 31.0 Å². The lowest BCUT2D eigenvalue weighted by atomic mass is 9.57. The zero-order valence-electron chi connectivity index (χ0n) is 19.9. The number of phenols is 1. The van der Waals surface area contributed by atoms with E-state index in [-0.39, 0.29) is 29.7 Å². The predicted octanol–water partition coefficient (Wildman–Crippen LogP) is -0.0428. The van der Waals surface area contributed by atoms with Crippen LogP contribution in [-0.2, 0) is 32.2 Å². The fourth-order valence-electron chi connectivity index (χ4n) is 5.76. The Morgan fingerprint density at radius 2 is 1.86 bits per heavy atom. The first-order chi connectivity index (χ1) is 16.4. The summed E-state index contributed by atoms with van der Waals surface area (Å²) in [7, 11) is 6.34. The molecule has 188 valence electrons. The Labute approximate surface area is 201 Å². The Balaban J connectivity index is 1.94. The van der Waals surface area contributed by atoms with Gasteiger partial charge < -0.3 is 31.0 Å². The summed E-state index contributed by atoms with van der Waals surface area (Å²) in [6.45, 7) is 0.333. The molecule has 11 heteroatoms. The van der Waals surface area contributed by atoms with Gasteiger partial charge in [-0.1, -0.05) is 6.07 Å². The second-order valence-corrected chi connectivity index (χ2v) is 9.53. The molecule has 3 aliphatic carbocycles. The molecule has 1 aromatic carbocycles. The van der Waals surface area contributed by atoms with Crippen LogP contribution in [0.25, 0.3) is 5.76 Å². The molecule has 6 N–H and O–H groups in total. The first-order valence-electron chi connectivity index (χ1n) is 11.1. The lowest BCUT2D eigenvalue weighted by molar-refractivity contribution is -0.153. The summed E-state index contributed by atoms with van der Waals surface area (Å²) in [6.07, 6.45) is 0.275. The van der Waals surface area contributed by atoms with E-state index in [0.717, 1.165) is 5.56 Å². The molecular weight excluding hydrogens is 458 g/mol. The van der Waals surface area contributed by atoms with E-state index >= 15 is 0 Å². The number of aromatic hydroxyl groups is 1. The van der Waals surface area contributed by atoms with Gasteiger partial charge in [-0.3, -0.25) is 19.3 Å².